The number of morpholine rings is 1. The Hall–Kier alpha value is -0.120. The average molecular weight is 214 g/mol. The molecule has 1 saturated heterocycles. The summed E-state index contributed by atoms with van der Waals surface area (Å²) in [5, 5.41) is 0. The zero-order valence-corrected chi connectivity index (χ0v) is 10.4. The minimum absolute atomic E-state index is 0.341. The lowest BCUT2D eigenvalue weighted by Crippen LogP contribution is -2.44. The third-order valence-corrected chi connectivity index (χ3v) is 3.31. The molecule has 1 heterocycles. The maximum absolute atomic E-state index is 6.04. The molecule has 1 rings (SSSR count). The Morgan fingerprint density at radius 2 is 2.20 bits per heavy atom. The molecule has 3 heteroatoms. The quantitative estimate of drug-likeness (QED) is 0.753. The second-order valence-electron chi connectivity index (χ2n) is 4.90. The molecule has 1 aliphatic heterocycles. The summed E-state index contributed by atoms with van der Waals surface area (Å²) in [7, 11) is 0. The van der Waals surface area contributed by atoms with Gasteiger partial charge in [-0.05, 0) is 25.3 Å². The van der Waals surface area contributed by atoms with Crippen molar-refractivity contribution in [1.82, 2.24) is 4.90 Å². The van der Waals surface area contributed by atoms with Gasteiger partial charge in [-0.3, -0.25) is 4.90 Å². The molecule has 0 aromatic carbocycles. The molecule has 0 amide bonds. The van der Waals surface area contributed by atoms with E-state index in [0.29, 0.717) is 18.1 Å². The van der Waals surface area contributed by atoms with Crippen LogP contribution >= 0.6 is 0 Å². The van der Waals surface area contributed by atoms with Crippen LogP contribution < -0.4 is 5.73 Å². The van der Waals surface area contributed by atoms with E-state index in [0.717, 1.165) is 39.1 Å². The van der Waals surface area contributed by atoms with E-state index in [2.05, 4.69) is 25.7 Å². The lowest BCUT2D eigenvalue weighted by Gasteiger charge is -2.33. The fraction of sp³-hybridized carbons (Fsp3) is 1.00. The Kier molecular flexibility index (Phi) is 5.58. The van der Waals surface area contributed by atoms with Crippen molar-refractivity contribution in [1.29, 1.82) is 0 Å². The Labute approximate surface area is 94.0 Å². The number of hydrogen-bond acceptors (Lipinski definition) is 3. The number of nitrogens with zero attached hydrogens (tertiary/aromatic N) is 1. The largest absolute Gasteiger partial charge is 0.376 e. The lowest BCUT2D eigenvalue weighted by molar-refractivity contribution is -0.0305. The predicted molar refractivity (Wildman–Crippen MR) is 63.9 cm³/mol. The third kappa shape index (κ3) is 4.49. The Morgan fingerprint density at radius 1 is 1.47 bits per heavy atom. The second kappa shape index (κ2) is 6.46. The van der Waals surface area contributed by atoms with E-state index in [9.17, 15) is 0 Å². The van der Waals surface area contributed by atoms with Crippen molar-refractivity contribution in [3.05, 3.63) is 0 Å². The molecule has 0 spiro atoms. The van der Waals surface area contributed by atoms with Gasteiger partial charge in [-0.25, -0.2) is 0 Å². The molecule has 0 bridgehead atoms. The van der Waals surface area contributed by atoms with Crippen LogP contribution in [0.4, 0.5) is 0 Å². The van der Waals surface area contributed by atoms with Gasteiger partial charge in [0.25, 0.3) is 0 Å². The molecule has 15 heavy (non-hydrogen) atoms. The first kappa shape index (κ1) is 12.9. The van der Waals surface area contributed by atoms with Crippen molar-refractivity contribution >= 4 is 0 Å². The maximum Gasteiger partial charge on any atom is 0.0700 e. The number of hydrogen-bond donors (Lipinski definition) is 1. The fourth-order valence-electron chi connectivity index (χ4n) is 1.90. The summed E-state index contributed by atoms with van der Waals surface area (Å²) in [6, 6.07) is 0.341. The van der Waals surface area contributed by atoms with Crippen molar-refractivity contribution in [3.8, 4) is 0 Å². The molecule has 2 atom stereocenters. The fourth-order valence-corrected chi connectivity index (χ4v) is 1.90. The summed E-state index contributed by atoms with van der Waals surface area (Å²) in [4.78, 5) is 2.49. The summed E-state index contributed by atoms with van der Waals surface area (Å²) in [6.07, 6.45) is 2.66. The van der Waals surface area contributed by atoms with Gasteiger partial charge in [0, 0.05) is 19.1 Å². The first-order chi connectivity index (χ1) is 7.13. The monoisotopic (exact) mass is 214 g/mol. The van der Waals surface area contributed by atoms with Crippen LogP contribution in [-0.2, 0) is 4.74 Å². The normalized spacial score (nSPS) is 25.8. The van der Waals surface area contributed by atoms with E-state index in [4.69, 9.17) is 10.5 Å². The van der Waals surface area contributed by atoms with Crippen LogP contribution in [0.3, 0.4) is 0 Å². The summed E-state index contributed by atoms with van der Waals surface area (Å²) >= 11 is 0. The SMILES string of the molecule is CCC1CN(CCC(N)C(C)C)CCO1. The summed E-state index contributed by atoms with van der Waals surface area (Å²) in [6.45, 7) is 10.7. The van der Waals surface area contributed by atoms with Gasteiger partial charge in [-0.15, -0.1) is 0 Å². The minimum Gasteiger partial charge on any atom is -0.376 e. The van der Waals surface area contributed by atoms with Gasteiger partial charge >= 0.3 is 0 Å². The van der Waals surface area contributed by atoms with Gasteiger partial charge in [-0.1, -0.05) is 20.8 Å². The van der Waals surface area contributed by atoms with E-state index in [1.54, 1.807) is 0 Å². The smallest absolute Gasteiger partial charge is 0.0700 e. The van der Waals surface area contributed by atoms with Crippen LogP contribution in [0, 0.1) is 5.92 Å². The Bertz CT molecular complexity index is 173. The van der Waals surface area contributed by atoms with E-state index in [1.165, 1.54) is 0 Å². The molecular weight excluding hydrogens is 188 g/mol. The molecular formula is C12H26N2O. The molecule has 1 fully saturated rings. The van der Waals surface area contributed by atoms with Gasteiger partial charge in [0.15, 0.2) is 0 Å². The number of nitrogens with two attached hydrogens (primary N) is 1. The summed E-state index contributed by atoms with van der Waals surface area (Å²) in [5.41, 5.74) is 6.04. The van der Waals surface area contributed by atoms with Crippen molar-refractivity contribution < 1.29 is 4.74 Å². The molecule has 0 aromatic heterocycles. The molecule has 0 radical (unpaired) electrons. The highest BCUT2D eigenvalue weighted by Crippen LogP contribution is 2.10. The number of rotatable bonds is 5. The highest BCUT2D eigenvalue weighted by molar-refractivity contribution is 4.73. The standard InChI is InChI=1S/C12H26N2O/c1-4-11-9-14(7-8-15-11)6-5-12(13)10(2)3/h10-12H,4-9,13H2,1-3H3. The summed E-state index contributed by atoms with van der Waals surface area (Å²) < 4.78 is 5.64. The van der Waals surface area contributed by atoms with E-state index in [1.807, 2.05) is 0 Å². The van der Waals surface area contributed by atoms with Crippen molar-refractivity contribution in [2.75, 3.05) is 26.2 Å². The van der Waals surface area contributed by atoms with Gasteiger partial charge < -0.3 is 10.5 Å². The third-order valence-electron chi connectivity index (χ3n) is 3.31. The molecule has 2 N–H and O–H groups in total. The van der Waals surface area contributed by atoms with Crippen LogP contribution in [0.25, 0.3) is 0 Å². The van der Waals surface area contributed by atoms with Gasteiger partial charge in [0.1, 0.15) is 0 Å². The number of ether oxygens (including phenoxy) is 1. The van der Waals surface area contributed by atoms with E-state index in [-0.39, 0.29) is 0 Å². The highest BCUT2D eigenvalue weighted by Gasteiger charge is 2.19. The zero-order chi connectivity index (χ0) is 11.3. The van der Waals surface area contributed by atoms with Crippen LogP contribution in [0.15, 0.2) is 0 Å². The van der Waals surface area contributed by atoms with Crippen molar-refractivity contribution in [2.24, 2.45) is 11.7 Å². The molecule has 0 aliphatic carbocycles. The highest BCUT2D eigenvalue weighted by atomic mass is 16.5. The summed E-state index contributed by atoms with van der Waals surface area (Å²) in [5.74, 6) is 0.591. The molecule has 3 nitrogen and oxygen atoms in total. The topological polar surface area (TPSA) is 38.5 Å². The Morgan fingerprint density at radius 3 is 2.80 bits per heavy atom. The first-order valence-corrected chi connectivity index (χ1v) is 6.23. The molecule has 0 aromatic rings. The van der Waals surface area contributed by atoms with Gasteiger partial charge in [0.05, 0.1) is 12.7 Å². The minimum atomic E-state index is 0.341. The lowest BCUT2D eigenvalue weighted by atomic mass is 10.0. The van der Waals surface area contributed by atoms with Crippen molar-refractivity contribution in [2.45, 2.75) is 45.8 Å². The van der Waals surface area contributed by atoms with Crippen LogP contribution in [0.1, 0.15) is 33.6 Å². The molecule has 0 saturated carbocycles. The molecule has 1 aliphatic rings. The van der Waals surface area contributed by atoms with Crippen molar-refractivity contribution in [3.63, 3.8) is 0 Å². The van der Waals surface area contributed by atoms with E-state index < -0.39 is 0 Å². The maximum atomic E-state index is 6.04. The second-order valence-corrected chi connectivity index (χ2v) is 4.90. The first-order valence-electron chi connectivity index (χ1n) is 6.23. The van der Waals surface area contributed by atoms with Crippen LogP contribution in [0.2, 0.25) is 0 Å². The van der Waals surface area contributed by atoms with Crippen LogP contribution in [0.5, 0.6) is 0 Å². The molecule has 90 valence electrons. The molecule has 2 unspecified atom stereocenters. The Balaban J connectivity index is 2.20. The van der Waals surface area contributed by atoms with Gasteiger partial charge in [0.2, 0.25) is 0 Å². The average Bonchev–Trinajstić information content (AvgIpc) is 2.26. The van der Waals surface area contributed by atoms with Crippen LogP contribution in [-0.4, -0.2) is 43.3 Å². The van der Waals surface area contributed by atoms with Gasteiger partial charge in [-0.2, -0.15) is 0 Å². The predicted octanol–water partition coefficient (Wildman–Crippen LogP) is 1.47. The van der Waals surface area contributed by atoms with E-state index >= 15 is 0 Å². The zero-order valence-electron chi connectivity index (χ0n) is 10.4.